The Labute approximate surface area is 128 Å². The number of benzene rings is 1. The molecule has 0 bridgehead atoms. The summed E-state index contributed by atoms with van der Waals surface area (Å²) in [7, 11) is 1.95. The van der Waals surface area contributed by atoms with Crippen molar-refractivity contribution in [1.82, 2.24) is 5.32 Å². The predicted octanol–water partition coefficient (Wildman–Crippen LogP) is 4.98. The van der Waals surface area contributed by atoms with Crippen LogP contribution in [0.15, 0.2) is 24.3 Å². The number of halogens is 1. The Kier molecular flexibility index (Phi) is 9.73. The van der Waals surface area contributed by atoms with Crippen LogP contribution in [0, 0.1) is 0 Å². The zero-order valence-corrected chi connectivity index (χ0v) is 13.6. The molecule has 0 saturated carbocycles. The normalized spacial score (nSPS) is 12.6. The maximum absolute atomic E-state index is 6.05. The van der Waals surface area contributed by atoms with E-state index in [4.69, 9.17) is 16.3 Å². The molecule has 2 nitrogen and oxygen atoms in total. The first kappa shape index (κ1) is 17.5. The summed E-state index contributed by atoms with van der Waals surface area (Å²) in [4.78, 5) is 0. The summed E-state index contributed by atoms with van der Waals surface area (Å²) >= 11 is 6.05. The lowest BCUT2D eigenvalue weighted by molar-refractivity contribution is 0.0511. The number of hydrogen-bond donors (Lipinski definition) is 1. The lowest BCUT2D eigenvalue weighted by Gasteiger charge is -2.18. The van der Waals surface area contributed by atoms with E-state index in [0.717, 1.165) is 30.2 Å². The second-order valence-electron chi connectivity index (χ2n) is 5.24. The number of ether oxygens (including phenoxy) is 1. The van der Waals surface area contributed by atoms with Crippen molar-refractivity contribution in [2.75, 3.05) is 20.2 Å². The fraction of sp³-hybridized carbons (Fsp3) is 0.647. The van der Waals surface area contributed by atoms with Crippen LogP contribution in [0.1, 0.15) is 57.1 Å². The van der Waals surface area contributed by atoms with E-state index < -0.39 is 0 Å². The Balaban J connectivity index is 2.29. The average Bonchev–Trinajstić information content (AvgIpc) is 2.45. The van der Waals surface area contributed by atoms with Crippen molar-refractivity contribution in [1.29, 1.82) is 0 Å². The largest absolute Gasteiger partial charge is 0.372 e. The average molecular weight is 298 g/mol. The van der Waals surface area contributed by atoms with E-state index in [1.165, 1.54) is 32.1 Å². The summed E-state index contributed by atoms with van der Waals surface area (Å²) < 4.78 is 6.01. The molecule has 0 aliphatic rings. The molecule has 0 fully saturated rings. The SMILES string of the molecule is CCCCCCCCOC(CNC)c1cccc(Cl)c1. The maximum atomic E-state index is 6.05. The molecule has 0 saturated heterocycles. The molecule has 1 unspecified atom stereocenters. The third kappa shape index (κ3) is 7.28. The molecule has 1 aromatic rings. The van der Waals surface area contributed by atoms with E-state index in [-0.39, 0.29) is 6.10 Å². The Morgan fingerprint density at radius 2 is 1.90 bits per heavy atom. The monoisotopic (exact) mass is 297 g/mol. The van der Waals surface area contributed by atoms with Crippen molar-refractivity contribution in [2.45, 2.75) is 51.6 Å². The van der Waals surface area contributed by atoms with E-state index in [9.17, 15) is 0 Å². The molecule has 0 spiro atoms. The highest BCUT2D eigenvalue weighted by molar-refractivity contribution is 6.30. The highest BCUT2D eigenvalue weighted by Crippen LogP contribution is 2.21. The molecule has 1 atom stereocenters. The molecule has 0 aliphatic carbocycles. The first-order valence-corrected chi connectivity index (χ1v) is 8.17. The predicted molar refractivity (Wildman–Crippen MR) is 87.4 cm³/mol. The van der Waals surface area contributed by atoms with Gasteiger partial charge in [-0.25, -0.2) is 0 Å². The Morgan fingerprint density at radius 3 is 2.60 bits per heavy atom. The van der Waals surface area contributed by atoms with Gasteiger partial charge in [0.1, 0.15) is 0 Å². The van der Waals surface area contributed by atoms with Gasteiger partial charge in [-0.1, -0.05) is 62.8 Å². The summed E-state index contributed by atoms with van der Waals surface area (Å²) in [6.45, 7) is 3.89. The van der Waals surface area contributed by atoms with Gasteiger partial charge in [0.15, 0.2) is 0 Å². The van der Waals surface area contributed by atoms with Crippen LogP contribution in [-0.4, -0.2) is 20.2 Å². The van der Waals surface area contributed by atoms with Crippen LogP contribution in [0.25, 0.3) is 0 Å². The van der Waals surface area contributed by atoms with Crippen molar-refractivity contribution in [3.63, 3.8) is 0 Å². The van der Waals surface area contributed by atoms with Crippen LogP contribution < -0.4 is 5.32 Å². The summed E-state index contributed by atoms with van der Waals surface area (Å²) in [5.41, 5.74) is 1.15. The van der Waals surface area contributed by atoms with Crippen LogP contribution in [0.2, 0.25) is 5.02 Å². The molecule has 20 heavy (non-hydrogen) atoms. The van der Waals surface area contributed by atoms with Crippen molar-refractivity contribution >= 4 is 11.6 Å². The molecule has 0 heterocycles. The van der Waals surface area contributed by atoms with Crippen LogP contribution in [0.3, 0.4) is 0 Å². The molecule has 3 heteroatoms. The summed E-state index contributed by atoms with van der Waals surface area (Å²) in [6, 6.07) is 7.95. The number of rotatable bonds is 11. The lowest BCUT2D eigenvalue weighted by atomic mass is 10.1. The number of hydrogen-bond acceptors (Lipinski definition) is 2. The van der Waals surface area contributed by atoms with Crippen molar-refractivity contribution in [3.05, 3.63) is 34.9 Å². The smallest absolute Gasteiger partial charge is 0.0949 e. The molecule has 0 aliphatic heterocycles. The van der Waals surface area contributed by atoms with Gasteiger partial charge in [0.2, 0.25) is 0 Å². The highest BCUT2D eigenvalue weighted by atomic mass is 35.5. The first-order valence-electron chi connectivity index (χ1n) is 7.79. The Bertz CT molecular complexity index is 357. The molecular weight excluding hydrogens is 270 g/mol. The standard InChI is InChI=1S/C17H28ClNO/c1-3-4-5-6-7-8-12-20-17(14-19-2)15-10-9-11-16(18)13-15/h9-11,13,17,19H,3-8,12,14H2,1-2H3. The van der Waals surface area contributed by atoms with Gasteiger partial charge in [0.25, 0.3) is 0 Å². The molecule has 0 aromatic heterocycles. The topological polar surface area (TPSA) is 21.3 Å². The van der Waals surface area contributed by atoms with Gasteiger partial charge in [0.05, 0.1) is 6.10 Å². The van der Waals surface area contributed by atoms with E-state index in [2.05, 4.69) is 18.3 Å². The summed E-state index contributed by atoms with van der Waals surface area (Å²) in [5, 5.41) is 3.96. The minimum absolute atomic E-state index is 0.0920. The molecule has 1 N–H and O–H groups in total. The highest BCUT2D eigenvalue weighted by Gasteiger charge is 2.11. The molecule has 1 rings (SSSR count). The van der Waals surface area contributed by atoms with Crippen LogP contribution in [0.5, 0.6) is 0 Å². The fourth-order valence-corrected chi connectivity index (χ4v) is 2.47. The van der Waals surface area contributed by atoms with Gasteiger partial charge in [-0.3, -0.25) is 0 Å². The van der Waals surface area contributed by atoms with Crippen LogP contribution in [0.4, 0.5) is 0 Å². The van der Waals surface area contributed by atoms with Gasteiger partial charge in [0, 0.05) is 18.2 Å². The van der Waals surface area contributed by atoms with Crippen molar-refractivity contribution in [2.24, 2.45) is 0 Å². The Morgan fingerprint density at radius 1 is 1.15 bits per heavy atom. The quantitative estimate of drug-likeness (QED) is 0.582. The number of unbranched alkanes of at least 4 members (excludes halogenated alkanes) is 5. The molecule has 1 aromatic carbocycles. The second kappa shape index (κ2) is 11.1. The molecule has 0 amide bonds. The maximum Gasteiger partial charge on any atom is 0.0949 e. The van der Waals surface area contributed by atoms with Gasteiger partial charge in [-0.15, -0.1) is 0 Å². The van der Waals surface area contributed by atoms with E-state index in [0.29, 0.717) is 0 Å². The van der Waals surface area contributed by atoms with Crippen molar-refractivity contribution in [3.8, 4) is 0 Å². The minimum Gasteiger partial charge on any atom is -0.372 e. The van der Waals surface area contributed by atoms with E-state index >= 15 is 0 Å². The fourth-order valence-electron chi connectivity index (χ4n) is 2.27. The van der Waals surface area contributed by atoms with E-state index in [1.807, 2.05) is 25.2 Å². The number of likely N-dealkylation sites (N-methyl/N-ethyl adjacent to an activating group) is 1. The third-order valence-corrected chi connectivity index (χ3v) is 3.66. The van der Waals surface area contributed by atoms with Crippen LogP contribution in [-0.2, 0) is 4.74 Å². The molecule has 114 valence electrons. The van der Waals surface area contributed by atoms with Gasteiger partial charge >= 0.3 is 0 Å². The van der Waals surface area contributed by atoms with Gasteiger partial charge in [-0.05, 0) is 31.2 Å². The molecular formula is C17H28ClNO. The lowest BCUT2D eigenvalue weighted by Crippen LogP contribution is -2.20. The summed E-state index contributed by atoms with van der Waals surface area (Å²) in [5.74, 6) is 0. The Hall–Kier alpha value is -0.570. The zero-order chi connectivity index (χ0) is 14.6. The van der Waals surface area contributed by atoms with Gasteiger partial charge in [-0.2, -0.15) is 0 Å². The minimum atomic E-state index is 0.0920. The third-order valence-electron chi connectivity index (χ3n) is 3.43. The molecule has 0 radical (unpaired) electrons. The van der Waals surface area contributed by atoms with Crippen LogP contribution >= 0.6 is 11.6 Å². The van der Waals surface area contributed by atoms with E-state index in [1.54, 1.807) is 0 Å². The zero-order valence-electron chi connectivity index (χ0n) is 12.8. The summed E-state index contributed by atoms with van der Waals surface area (Å²) in [6.07, 6.45) is 7.83. The van der Waals surface area contributed by atoms with Gasteiger partial charge < -0.3 is 10.1 Å². The second-order valence-corrected chi connectivity index (χ2v) is 5.68. The number of nitrogens with one attached hydrogen (secondary N) is 1. The van der Waals surface area contributed by atoms with Crippen molar-refractivity contribution < 1.29 is 4.74 Å². The first-order chi connectivity index (χ1) is 9.77.